The summed E-state index contributed by atoms with van der Waals surface area (Å²) in [6, 6.07) is 5.77. The third-order valence-electron chi connectivity index (χ3n) is 3.46. The Balaban J connectivity index is 1.67. The molecule has 24 heavy (non-hydrogen) atoms. The third-order valence-corrected chi connectivity index (χ3v) is 3.97. The second kappa shape index (κ2) is 7.34. The van der Waals surface area contributed by atoms with Crippen molar-refractivity contribution >= 4 is 29.1 Å². The molecule has 0 bridgehead atoms. The first-order valence-electron chi connectivity index (χ1n) is 7.16. The lowest BCUT2D eigenvalue weighted by Gasteiger charge is -2.21. The number of carbonyl (C=O) groups is 1. The Bertz CT molecular complexity index is 786. The number of rotatable bonds is 4. The maximum Gasteiger partial charge on any atom is 0.271 e. The minimum Gasteiger partial charge on any atom is -0.467 e. The molecule has 0 unspecified atom stereocenters. The summed E-state index contributed by atoms with van der Waals surface area (Å²) in [5.74, 6) is -0.212. The molecular formula is C16H13Cl2FN2O3. The van der Waals surface area contributed by atoms with E-state index < -0.39 is 5.91 Å². The molecule has 2 aromatic rings. The van der Waals surface area contributed by atoms with Gasteiger partial charge in [0.25, 0.3) is 5.91 Å². The molecule has 1 aromatic heterocycles. The van der Waals surface area contributed by atoms with Gasteiger partial charge in [-0.1, -0.05) is 23.2 Å². The molecule has 2 heterocycles. The van der Waals surface area contributed by atoms with E-state index in [1.807, 2.05) is 0 Å². The normalized spacial score (nSPS) is 13.1. The molecule has 1 aliphatic rings. The second-order valence-corrected chi connectivity index (χ2v) is 5.93. The zero-order chi connectivity index (χ0) is 17.1. The van der Waals surface area contributed by atoms with E-state index in [0.29, 0.717) is 29.9 Å². The highest BCUT2D eigenvalue weighted by molar-refractivity contribution is 6.34. The third kappa shape index (κ3) is 3.77. The number of carbonyl (C=O) groups excluding carboxylic acids is 1. The maximum atomic E-state index is 13.7. The summed E-state index contributed by atoms with van der Waals surface area (Å²) in [6.45, 7) is 0.692. The molecule has 0 spiro atoms. The van der Waals surface area contributed by atoms with Crippen LogP contribution in [0.25, 0.3) is 0 Å². The molecule has 1 aliphatic heterocycles. The smallest absolute Gasteiger partial charge is 0.271 e. The van der Waals surface area contributed by atoms with Crippen LogP contribution in [-0.2, 0) is 17.8 Å². The van der Waals surface area contributed by atoms with Gasteiger partial charge >= 0.3 is 0 Å². The van der Waals surface area contributed by atoms with E-state index in [1.54, 1.807) is 0 Å². The van der Waals surface area contributed by atoms with E-state index in [-0.39, 0.29) is 35.0 Å². The highest BCUT2D eigenvalue weighted by Crippen LogP contribution is 2.29. The first-order valence-corrected chi connectivity index (χ1v) is 7.92. The standard InChI is InChI=1S/C16H13Cl2FN2O3/c17-12-1-2-13(18)21-14(12)16(22)20-4-3-9-5-11(19)6-10-7-23-8-24-15(9)10/h1-2,5-6H,3-4,7-8H2,(H,20,22). The Morgan fingerprint density at radius 1 is 1.33 bits per heavy atom. The molecule has 126 valence electrons. The topological polar surface area (TPSA) is 60.5 Å². The summed E-state index contributed by atoms with van der Waals surface area (Å²) in [5, 5.41) is 3.07. The van der Waals surface area contributed by atoms with Crippen molar-refractivity contribution in [3.05, 3.63) is 57.1 Å². The van der Waals surface area contributed by atoms with Crippen LogP contribution >= 0.6 is 23.2 Å². The Hall–Kier alpha value is -1.89. The average molecular weight is 371 g/mol. The molecule has 0 saturated heterocycles. The summed E-state index contributed by atoms with van der Waals surface area (Å²) >= 11 is 11.7. The highest BCUT2D eigenvalue weighted by Gasteiger charge is 2.18. The predicted octanol–water partition coefficient (Wildman–Crippen LogP) is 3.37. The fourth-order valence-electron chi connectivity index (χ4n) is 2.41. The van der Waals surface area contributed by atoms with Crippen LogP contribution in [-0.4, -0.2) is 24.2 Å². The number of benzene rings is 1. The van der Waals surface area contributed by atoms with Crippen molar-refractivity contribution in [1.29, 1.82) is 0 Å². The Kier molecular flexibility index (Phi) is 5.18. The van der Waals surface area contributed by atoms with Crippen LogP contribution in [0.4, 0.5) is 4.39 Å². The van der Waals surface area contributed by atoms with Gasteiger partial charge in [0.1, 0.15) is 22.4 Å². The van der Waals surface area contributed by atoms with Gasteiger partial charge in [-0.3, -0.25) is 4.79 Å². The van der Waals surface area contributed by atoms with Crippen molar-refractivity contribution < 1.29 is 18.7 Å². The van der Waals surface area contributed by atoms with Gasteiger partial charge in [-0.2, -0.15) is 0 Å². The van der Waals surface area contributed by atoms with Crippen molar-refractivity contribution in [3.8, 4) is 5.75 Å². The lowest BCUT2D eigenvalue weighted by molar-refractivity contribution is -0.0172. The second-order valence-electron chi connectivity index (χ2n) is 5.13. The molecule has 0 radical (unpaired) electrons. The minimum absolute atomic E-state index is 0.0510. The summed E-state index contributed by atoms with van der Waals surface area (Å²) in [5.41, 5.74) is 1.37. The van der Waals surface area contributed by atoms with Crippen LogP contribution in [0.2, 0.25) is 10.2 Å². The number of pyridine rings is 1. The van der Waals surface area contributed by atoms with Gasteiger partial charge in [-0.25, -0.2) is 9.37 Å². The molecular weight excluding hydrogens is 358 g/mol. The lowest BCUT2D eigenvalue weighted by atomic mass is 10.1. The average Bonchev–Trinajstić information content (AvgIpc) is 2.56. The van der Waals surface area contributed by atoms with Crippen molar-refractivity contribution in [2.45, 2.75) is 13.0 Å². The largest absolute Gasteiger partial charge is 0.467 e. The molecule has 1 amide bonds. The molecule has 0 fully saturated rings. The van der Waals surface area contributed by atoms with E-state index in [0.717, 1.165) is 0 Å². The number of halogens is 3. The van der Waals surface area contributed by atoms with Crippen LogP contribution < -0.4 is 10.1 Å². The number of fused-ring (bicyclic) bond motifs is 1. The molecule has 0 atom stereocenters. The number of hydrogen-bond donors (Lipinski definition) is 1. The Labute approximate surface area is 147 Å². The fraction of sp³-hybridized carbons (Fsp3) is 0.250. The first-order chi connectivity index (χ1) is 11.5. The monoisotopic (exact) mass is 370 g/mol. The van der Waals surface area contributed by atoms with Gasteiger partial charge in [0.05, 0.1) is 11.6 Å². The molecule has 3 rings (SSSR count). The van der Waals surface area contributed by atoms with Crippen LogP contribution in [0.1, 0.15) is 21.6 Å². The quantitative estimate of drug-likeness (QED) is 0.838. The zero-order valence-electron chi connectivity index (χ0n) is 12.4. The summed E-state index contributed by atoms with van der Waals surface area (Å²) in [7, 11) is 0. The van der Waals surface area contributed by atoms with E-state index in [4.69, 9.17) is 32.7 Å². The molecule has 1 aromatic carbocycles. The van der Waals surface area contributed by atoms with E-state index in [2.05, 4.69) is 10.3 Å². The van der Waals surface area contributed by atoms with Crippen molar-refractivity contribution in [2.75, 3.05) is 13.3 Å². The van der Waals surface area contributed by atoms with Crippen molar-refractivity contribution in [3.63, 3.8) is 0 Å². The zero-order valence-corrected chi connectivity index (χ0v) is 14.0. The van der Waals surface area contributed by atoms with E-state index >= 15 is 0 Å². The van der Waals surface area contributed by atoms with Gasteiger partial charge in [-0.15, -0.1) is 0 Å². The van der Waals surface area contributed by atoms with Crippen molar-refractivity contribution in [1.82, 2.24) is 10.3 Å². The van der Waals surface area contributed by atoms with E-state index in [9.17, 15) is 9.18 Å². The molecule has 5 nitrogen and oxygen atoms in total. The molecule has 1 N–H and O–H groups in total. The summed E-state index contributed by atoms with van der Waals surface area (Å²) in [6.07, 6.45) is 0.393. The first kappa shape index (κ1) is 17.0. The Morgan fingerprint density at radius 2 is 2.17 bits per heavy atom. The van der Waals surface area contributed by atoms with E-state index in [1.165, 1.54) is 24.3 Å². The SMILES string of the molecule is O=C(NCCc1cc(F)cc2c1OCOC2)c1nc(Cl)ccc1Cl. The van der Waals surface area contributed by atoms with Crippen LogP contribution in [0.5, 0.6) is 5.75 Å². The highest BCUT2D eigenvalue weighted by atomic mass is 35.5. The van der Waals surface area contributed by atoms with Crippen LogP contribution in [0.15, 0.2) is 24.3 Å². The fourth-order valence-corrected chi connectivity index (χ4v) is 2.75. The van der Waals surface area contributed by atoms with Gasteiger partial charge in [0, 0.05) is 12.1 Å². The number of amides is 1. The van der Waals surface area contributed by atoms with Gasteiger partial charge < -0.3 is 14.8 Å². The number of hydrogen-bond acceptors (Lipinski definition) is 4. The predicted molar refractivity (Wildman–Crippen MR) is 87.0 cm³/mol. The Morgan fingerprint density at radius 3 is 3.00 bits per heavy atom. The maximum absolute atomic E-state index is 13.7. The molecule has 8 heteroatoms. The number of nitrogens with one attached hydrogen (secondary N) is 1. The molecule has 0 saturated carbocycles. The van der Waals surface area contributed by atoms with Crippen LogP contribution in [0, 0.1) is 5.82 Å². The summed E-state index contributed by atoms with van der Waals surface area (Å²) < 4.78 is 24.2. The number of nitrogens with zero attached hydrogens (tertiary/aromatic N) is 1. The number of ether oxygens (including phenoxy) is 2. The summed E-state index contributed by atoms with van der Waals surface area (Å²) in [4.78, 5) is 16.0. The minimum atomic E-state index is -0.447. The van der Waals surface area contributed by atoms with Gasteiger partial charge in [0.2, 0.25) is 0 Å². The van der Waals surface area contributed by atoms with Gasteiger partial charge in [-0.05, 0) is 36.2 Å². The number of aromatic nitrogens is 1. The van der Waals surface area contributed by atoms with Gasteiger partial charge in [0.15, 0.2) is 6.79 Å². The van der Waals surface area contributed by atoms with Crippen LogP contribution in [0.3, 0.4) is 0 Å². The lowest BCUT2D eigenvalue weighted by Crippen LogP contribution is -2.27. The van der Waals surface area contributed by atoms with Crippen molar-refractivity contribution in [2.24, 2.45) is 0 Å². The molecule has 0 aliphatic carbocycles.